The molecule has 6 rings (SSSR count). The zero-order chi connectivity index (χ0) is 32.0. The topological polar surface area (TPSA) is 115 Å². The first-order chi connectivity index (χ1) is 21.5. The molecule has 0 aliphatic rings. The number of oxazole rings is 1. The van der Waals surface area contributed by atoms with Gasteiger partial charge in [-0.1, -0.05) is 19.1 Å². The van der Waals surface area contributed by atoms with Crippen LogP contribution in [0.5, 0.6) is 5.75 Å². The highest BCUT2D eigenvalue weighted by atomic mass is 32.2. The average molecular weight is 628 g/mol. The Morgan fingerprint density at radius 3 is 2.36 bits per heavy atom. The molecule has 0 spiro atoms. The smallest absolute Gasteiger partial charge is 0.255 e. The van der Waals surface area contributed by atoms with E-state index in [1.807, 2.05) is 24.3 Å². The Kier molecular flexibility index (Phi) is 7.57. The summed E-state index contributed by atoms with van der Waals surface area (Å²) < 4.78 is 58.5. The van der Waals surface area contributed by atoms with Crippen molar-refractivity contribution in [2.24, 2.45) is 0 Å². The number of hydrogen-bond acceptors (Lipinski definition) is 7. The number of nitrogens with zero attached hydrogens (tertiary/aromatic N) is 2. The minimum Gasteiger partial charge on any atom is -0.496 e. The van der Waals surface area contributed by atoms with Crippen molar-refractivity contribution in [1.82, 2.24) is 10.3 Å². The molecular weight excluding hydrogens is 597 g/mol. The Hall–Kier alpha value is -5.16. The monoisotopic (exact) mass is 627 g/mol. The fourth-order valence-corrected chi connectivity index (χ4v) is 5.81. The van der Waals surface area contributed by atoms with E-state index in [0.29, 0.717) is 56.1 Å². The Morgan fingerprint density at radius 1 is 0.956 bits per heavy atom. The summed E-state index contributed by atoms with van der Waals surface area (Å²) in [6.07, 6.45) is 1.95. The molecule has 0 unspecified atom stereocenters. The number of aryl methyl sites for hydroxylation is 1. The molecule has 9 nitrogen and oxygen atoms in total. The van der Waals surface area contributed by atoms with Gasteiger partial charge in [0.1, 0.15) is 28.4 Å². The van der Waals surface area contributed by atoms with Gasteiger partial charge in [0.05, 0.1) is 30.2 Å². The van der Waals surface area contributed by atoms with Crippen molar-refractivity contribution in [3.8, 4) is 39.7 Å². The number of anilines is 1. The van der Waals surface area contributed by atoms with E-state index in [9.17, 15) is 17.6 Å². The number of rotatable bonds is 8. The van der Waals surface area contributed by atoms with E-state index in [1.165, 1.54) is 38.4 Å². The van der Waals surface area contributed by atoms with Gasteiger partial charge >= 0.3 is 0 Å². The van der Waals surface area contributed by atoms with Crippen LogP contribution in [-0.4, -0.2) is 46.8 Å². The van der Waals surface area contributed by atoms with Gasteiger partial charge in [0.15, 0.2) is 5.58 Å². The number of furan rings is 1. The van der Waals surface area contributed by atoms with Crippen molar-refractivity contribution in [2.45, 2.75) is 13.3 Å². The van der Waals surface area contributed by atoms with Crippen LogP contribution in [0, 0.1) is 5.82 Å². The molecule has 0 saturated heterocycles. The molecule has 0 bridgehead atoms. The molecule has 1 amide bonds. The standard InChI is InChI=1S/C34H30FN3O6S/c1-6-19-7-13-26-30(15-19)44-34(37-26)25-16-21(10-14-28(25)42-4)23-17-24-29(18-27(23)38(3)45(5,40)41)43-32(31(24)33(39)36-2)20-8-11-22(35)12-9-20/h7-18H,6H2,1-5H3,(H,36,39). The van der Waals surface area contributed by atoms with E-state index in [2.05, 4.69) is 12.2 Å². The molecule has 6 aromatic rings. The summed E-state index contributed by atoms with van der Waals surface area (Å²) in [5, 5.41) is 3.10. The maximum atomic E-state index is 13.7. The Bertz CT molecular complexity index is 2200. The first-order valence-electron chi connectivity index (χ1n) is 14.1. The largest absolute Gasteiger partial charge is 0.496 e. The summed E-state index contributed by atoms with van der Waals surface area (Å²) in [5.41, 5.74) is 5.42. The van der Waals surface area contributed by atoms with E-state index in [-0.39, 0.29) is 16.9 Å². The van der Waals surface area contributed by atoms with Crippen molar-refractivity contribution in [1.29, 1.82) is 0 Å². The highest BCUT2D eigenvalue weighted by molar-refractivity contribution is 7.92. The molecule has 2 heterocycles. The molecule has 1 N–H and O–H groups in total. The van der Waals surface area contributed by atoms with E-state index in [1.54, 1.807) is 31.4 Å². The second kappa shape index (κ2) is 11.4. The third kappa shape index (κ3) is 5.40. The summed E-state index contributed by atoms with van der Waals surface area (Å²) in [6.45, 7) is 2.06. The van der Waals surface area contributed by atoms with Crippen LogP contribution in [0.4, 0.5) is 10.1 Å². The lowest BCUT2D eigenvalue weighted by molar-refractivity contribution is 0.0964. The first-order valence-corrected chi connectivity index (χ1v) is 16.0. The molecule has 0 aliphatic carbocycles. The van der Waals surface area contributed by atoms with Crippen LogP contribution in [0.3, 0.4) is 0 Å². The highest BCUT2D eigenvalue weighted by Crippen LogP contribution is 2.43. The number of ether oxygens (including phenoxy) is 1. The van der Waals surface area contributed by atoms with Crippen molar-refractivity contribution in [3.05, 3.63) is 89.7 Å². The number of carbonyl (C=O) groups is 1. The Labute approximate surface area is 259 Å². The van der Waals surface area contributed by atoms with Crippen LogP contribution >= 0.6 is 0 Å². The van der Waals surface area contributed by atoms with Crippen LogP contribution in [0.15, 0.2) is 81.6 Å². The molecule has 0 atom stereocenters. The third-order valence-corrected chi connectivity index (χ3v) is 9.00. The number of aromatic nitrogens is 1. The maximum absolute atomic E-state index is 13.7. The molecule has 45 heavy (non-hydrogen) atoms. The van der Waals surface area contributed by atoms with Gasteiger partial charge in [-0.15, -0.1) is 0 Å². The quantitative estimate of drug-likeness (QED) is 0.192. The number of fused-ring (bicyclic) bond motifs is 2. The predicted molar refractivity (Wildman–Crippen MR) is 173 cm³/mol. The van der Waals surface area contributed by atoms with E-state index in [0.717, 1.165) is 22.5 Å². The highest BCUT2D eigenvalue weighted by Gasteiger charge is 2.26. The third-order valence-electron chi connectivity index (χ3n) is 7.81. The van der Waals surface area contributed by atoms with Crippen LogP contribution < -0.4 is 14.4 Å². The van der Waals surface area contributed by atoms with E-state index in [4.69, 9.17) is 18.6 Å². The second-order valence-electron chi connectivity index (χ2n) is 10.6. The Morgan fingerprint density at radius 2 is 1.69 bits per heavy atom. The lowest BCUT2D eigenvalue weighted by Gasteiger charge is -2.21. The van der Waals surface area contributed by atoms with Crippen LogP contribution in [0.1, 0.15) is 22.8 Å². The van der Waals surface area contributed by atoms with Crippen molar-refractivity contribution >= 4 is 43.7 Å². The number of halogens is 1. The normalized spacial score (nSPS) is 11.7. The zero-order valence-electron chi connectivity index (χ0n) is 25.3. The van der Waals surface area contributed by atoms with Crippen molar-refractivity contribution < 1.29 is 31.2 Å². The molecule has 0 aliphatic heterocycles. The van der Waals surface area contributed by atoms with Gasteiger partial charge in [0.25, 0.3) is 5.91 Å². The Balaban J connectivity index is 1.62. The predicted octanol–water partition coefficient (Wildman–Crippen LogP) is 7.04. The second-order valence-corrected chi connectivity index (χ2v) is 12.6. The van der Waals surface area contributed by atoms with Gasteiger partial charge in [-0.3, -0.25) is 9.10 Å². The zero-order valence-corrected chi connectivity index (χ0v) is 26.1. The summed E-state index contributed by atoms with van der Waals surface area (Å²) >= 11 is 0. The summed E-state index contributed by atoms with van der Waals surface area (Å²) in [6, 6.07) is 20.1. The minimum atomic E-state index is -3.72. The van der Waals surface area contributed by atoms with Crippen LogP contribution in [0.2, 0.25) is 0 Å². The van der Waals surface area contributed by atoms with E-state index < -0.39 is 21.7 Å². The molecule has 230 valence electrons. The van der Waals surface area contributed by atoms with Crippen LogP contribution in [-0.2, 0) is 16.4 Å². The molecular formula is C34H30FN3O6S. The summed E-state index contributed by atoms with van der Waals surface area (Å²) in [5.74, 6) is 0.215. The van der Waals surface area contributed by atoms with Crippen molar-refractivity contribution in [3.63, 3.8) is 0 Å². The fourth-order valence-electron chi connectivity index (χ4n) is 5.30. The van der Waals surface area contributed by atoms with Gasteiger partial charge < -0.3 is 18.9 Å². The van der Waals surface area contributed by atoms with Gasteiger partial charge in [-0.05, 0) is 72.1 Å². The number of carbonyl (C=O) groups excluding carboxylic acids is 1. The lowest BCUT2D eigenvalue weighted by atomic mass is 9.97. The van der Waals surface area contributed by atoms with Gasteiger partial charge in [0.2, 0.25) is 15.9 Å². The van der Waals surface area contributed by atoms with Crippen LogP contribution in [0.25, 0.3) is 56.0 Å². The lowest BCUT2D eigenvalue weighted by Crippen LogP contribution is -2.25. The number of amides is 1. The summed E-state index contributed by atoms with van der Waals surface area (Å²) in [4.78, 5) is 17.9. The number of nitrogens with one attached hydrogen (secondary N) is 1. The maximum Gasteiger partial charge on any atom is 0.255 e. The van der Waals surface area contributed by atoms with Gasteiger partial charge in [-0.25, -0.2) is 17.8 Å². The van der Waals surface area contributed by atoms with Crippen molar-refractivity contribution in [2.75, 3.05) is 31.8 Å². The minimum absolute atomic E-state index is 0.225. The molecule has 4 aromatic carbocycles. The molecule has 0 fully saturated rings. The van der Waals surface area contributed by atoms with E-state index >= 15 is 0 Å². The SMILES string of the molecule is CCc1ccc2nc(-c3cc(-c4cc5c(C(=O)NC)c(-c6ccc(F)cc6)oc5cc4N(C)S(C)(=O)=O)ccc3OC)oc2c1. The average Bonchev–Trinajstić information content (AvgIpc) is 3.64. The summed E-state index contributed by atoms with van der Waals surface area (Å²) in [7, 11) is 0.771. The molecule has 11 heteroatoms. The van der Waals surface area contributed by atoms with Gasteiger partial charge in [-0.2, -0.15) is 0 Å². The molecule has 2 aromatic heterocycles. The number of hydrogen-bond donors (Lipinski definition) is 1. The molecule has 0 radical (unpaired) electrons. The first kappa shape index (κ1) is 29.9. The van der Waals surface area contributed by atoms with Gasteiger partial charge in [0, 0.05) is 36.7 Å². The molecule has 0 saturated carbocycles. The number of methoxy groups -OCH3 is 1. The fraction of sp³-hybridized carbons (Fsp3) is 0.176. The number of benzene rings is 4. The number of sulfonamides is 1.